The minimum Gasteiger partial charge on any atom is -0.480 e. The molecule has 4 nitrogen and oxygen atoms in total. The lowest BCUT2D eigenvalue weighted by molar-refractivity contribution is -0.141. The molecule has 1 fully saturated rings. The first-order valence-electron chi connectivity index (χ1n) is 4.17. The van der Waals surface area contributed by atoms with Gasteiger partial charge in [0.25, 0.3) is 0 Å². The number of hydrogen-bond acceptors (Lipinski definition) is 3. The predicted octanol–water partition coefficient (Wildman–Crippen LogP) is 0.329. The minimum absolute atomic E-state index is 0.0729. The number of thioether (sulfide) groups is 1. The highest BCUT2D eigenvalue weighted by molar-refractivity contribution is 7.98. The standard InChI is InChI=1S/C8H13NO3S/c1-13-4-6(8(11)12)9-7(10)5-2-3-5/h5-6H,2-4H2,1H3,(H,9,10)(H,11,12). The summed E-state index contributed by atoms with van der Waals surface area (Å²) in [5.74, 6) is -0.568. The molecule has 0 radical (unpaired) electrons. The maximum atomic E-state index is 11.2. The van der Waals surface area contributed by atoms with Gasteiger partial charge in [0, 0.05) is 11.7 Å². The largest absolute Gasteiger partial charge is 0.480 e. The van der Waals surface area contributed by atoms with Crippen LogP contribution in [0.1, 0.15) is 12.8 Å². The van der Waals surface area contributed by atoms with Crippen LogP contribution in [-0.2, 0) is 9.59 Å². The average molecular weight is 203 g/mol. The van der Waals surface area contributed by atoms with E-state index >= 15 is 0 Å². The molecule has 1 rings (SSSR count). The first-order valence-corrected chi connectivity index (χ1v) is 5.56. The summed E-state index contributed by atoms with van der Waals surface area (Å²) in [5.41, 5.74) is 0. The topological polar surface area (TPSA) is 66.4 Å². The van der Waals surface area contributed by atoms with Crippen LogP contribution >= 0.6 is 11.8 Å². The monoisotopic (exact) mass is 203 g/mol. The van der Waals surface area contributed by atoms with E-state index in [0.29, 0.717) is 5.75 Å². The second-order valence-corrected chi connectivity index (χ2v) is 4.04. The molecule has 1 aliphatic rings. The Balaban J connectivity index is 2.36. The summed E-state index contributed by atoms with van der Waals surface area (Å²) in [5, 5.41) is 11.2. The molecular formula is C8H13NO3S. The zero-order valence-electron chi connectivity index (χ0n) is 7.45. The lowest BCUT2D eigenvalue weighted by Gasteiger charge is -2.12. The lowest BCUT2D eigenvalue weighted by atomic mass is 10.3. The Bertz CT molecular complexity index is 215. The summed E-state index contributed by atoms with van der Waals surface area (Å²) in [7, 11) is 0. The van der Waals surface area contributed by atoms with E-state index in [0.717, 1.165) is 12.8 Å². The molecule has 0 spiro atoms. The van der Waals surface area contributed by atoms with Crippen molar-refractivity contribution in [1.29, 1.82) is 0 Å². The minimum atomic E-state index is -0.955. The normalized spacial score (nSPS) is 17.9. The van der Waals surface area contributed by atoms with Crippen molar-refractivity contribution in [2.24, 2.45) is 5.92 Å². The van der Waals surface area contributed by atoms with Crippen LogP contribution in [0.5, 0.6) is 0 Å². The number of carbonyl (C=O) groups excluding carboxylic acids is 1. The summed E-state index contributed by atoms with van der Waals surface area (Å²) >= 11 is 1.42. The maximum Gasteiger partial charge on any atom is 0.327 e. The van der Waals surface area contributed by atoms with Crippen LogP contribution in [0.2, 0.25) is 0 Å². The van der Waals surface area contributed by atoms with Crippen molar-refractivity contribution in [2.45, 2.75) is 18.9 Å². The molecule has 5 heteroatoms. The smallest absolute Gasteiger partial charge is 0.327 e. The first-order chi connectivity index (χ1) is 6.15. The van der Waals surface area contributed by atoms with Crippen LogP contribution in [0.3, 0.4) is 0 Å². The predicted molar refractivity (Wildman–Crippen MR) is 50.7 cm³/mol. The summed E-state index contributed by atoms with van der Waals surface area (Å²) in [6.07, 6.45) is 3.62. The first kappa shape index (κ1) is 10.4. The third-order valence-electron chi connectivity index (χ3n) is 1.90. The highest BCUT2D eigenvalue weighted by Gasteiger charge is 2.32. The van der Waals surface area contributed by atoms with Gasteiger partial charge in [-0.25, -0.2) is 4.79 Å². The third-order valence-corrected chi connectivity index (χ3v) is 2.56. The van der Waals surface area contributed by atoms with E-state index in [1.54, 1.807) is 0 Å². The van der Waals surface area contributed by atoms with Crippen molar-refractivity contribution in [1.82, 2.24) is 5.32 Å². The van der Waals surface area contributed by atoms with Gasteiger partial charge in [-0.15, -0.1) is 0 Å². The van der Waals surface area contributed by atoms with Crippen molar-refractivity contribution < 1.29 is 14.7 Å². The second-order valence-electron chi connectivity index (χ2n) is 3.13. The number of hydrogen-bond donors (Lipinski definition) is 2. The van der Waals surface area contributed by atoms with Gasteiger partial charge in [0.2, 0.25) is 5.91 Å². The Labute approximate surface area is 81.1 Å². The summed E-state index contributed by atoms with van der Waals surface area (Å²) in [4.78, 5) is 21.9. The molecule has 0 heterocycles. The fraction of sp³-hybridized carbons (Fsp3) is 0.750. The molecule has 1 aliphatic carbocycles. The Morgan fingerprint density at radius 2 is 2.23 bits per heavy atom. The van der Waals surface area contributed by atoms with Crippen molar-refractivity contribution in [2.75, 3.05) is 12.0 Å². The molecular weight excluding hydrogens is 190 g/mol. The van der Waals surface area contributed by atoms with Gasteiger partial charge in [-0.2, -0.15) is 11.8 Å². The SMILES string of the molecule is CSCC(NC(=O)C1CC1)C(=O)O. The molecule has 1 unspecified atom stereocenters. The van der Waals surface area contributed by atoms with Crippen LogP contribution in [0.25, 0.3) is 0 Å². The quantitative estimate of drug-likeness (QED) is 0.675. The van der Waals surface area contributed by atoms with Gasteiger partial charge in [-0.05, 0) is 19.1 Å². The van der Waals surface area contributed by atoms with Crippen molar-refractivity contribution in [3.8, 4) is 0 Å². The lowest BCUT2D eigenvalue weighted by Crippen LogP contribution is -2.43. The summed E-state index contributed by atoms with van der Waals surface area (Å²) in [6, 6.07) is -0.733. The zero-order chi connectivity index (χ0) is 9.84. The average Bonchev–Trinajstić information content (AvgIpc) is 2.85. The van der Waals surface area contributed by atoms with E-state index in [-0.39, 0.29) is 11.8 Å². The van der Waals surface area contributed by atoms with E-state index in [1.165, 1.54) is 11.8 Å². The molecule has 0 aromatic rings. The molecule has 0 aromatic carbocycles. The Morgan fingerprint density at radius 1 is 1.62 bits per heavy atom. The van der Waals surface area contributed by atoms with Crippen LogP contribution in [0.15, 0.2) is 0 Å². The number of carbonyl (C=O) groups is 2. The highest BCUT2D eigenvalue weighted by atomic mass is 32.2. The second kappa shape index (κ2) is 4.50. The molecule has 0 aromatic heterocycles. The van der Waals surface area contributed by atoms with E-state index in [1.807, 2.05) is 6.26 Å². The van der Waals surface area contributed by atoms with Gasteiger partial charge in [-0.3, -0.25) is 4.79 Å². The molecule has 1 amide bonds. The van der Waals surface area contributed by atoms with Crippen LogP contribution in [0, 0.1) is 5.92 Å². The number of aliphatic carboxylic acids is 1. The molecule has 0 saturated heterocycles. The maximum absolute atomic E-state index is 11.2. The van der Waals surface area contributed by atoms with Gasteiger partial charge in [0.1, 0.15) is 6.04 Å². The van der Waals surface area contributed by atoms with Crippen molar-refractivity contribution in [3.05, 3.63) is 0 Å². The van der Waals surface area contributed by atoms with E-state index in [4.69, 9.17) is 5.11 Å². The van der Waals surface area contributed by atoms with E-state index < -0.39 is 12.0 Å². The Morgan fingerprint density at radius 3 is 2.62 bits per heavy atom. The zero-order valence-corrected chi connectivity index (χ0v) is 8.26. The van der Waals surface area contributed by atoms with Gasteiger partial charge >= 0.3 is 5.97 Å². The van der Waals surface area contributed by atoms with Crippen LogP contribution < -0.4 is 5.32 Å². The number of nitrogens with one attached hydrogen (secondary N) is 1. The number of carboxylic acid groups (broad SMARTS) is 1. The Hall–Kier alpha value is -0.710. The molecule has 1 saturated carbocycles. The summed E-state index contributed by atoms with van der Waals surface area (Å²) < 4.78 is 0. The number of carboxylic acids is 1. The van der Waals surface area contributed by atoms with Gasteiger partial charge in [0.05, 0.1) is 0 Å². The van der Waals surface area contributed by atoms with Crippen LogP contribution in [-0.4, -0.2) is 35.0 Å². The molecule has 0 bridgehead atoms. The molecule has 0 aliphatic heterocycles. The Kier molecular flexibility index (Phi) is 3.59. The molecule has 74 valence electrons. The van der Waals surface area contributed by atoms with Gasteiger partial charge in [-0.1, -0.05) is 0 Å². The third kappa shape index (κ3) is 3.26. The highest BCUT2D eigenvalue weighted by Crippen LogP contribution is 2.28. The summed E-state index contributed by atoms with van der Waals surface area (Å²) in [6.45, 7) is 0. The molecule has 2 N–H and O–H groups in total. The van der Waals surface area contributed by atoms with Crippen LogP contribution in [0.4, 0.5) is 0 Å². The molecule has 1 atom stereocenters. The van der Waals surface area contributed by atoms with Crippen molar-refractivity contribution in [3.63, 3.8) is 0 Å². The molecule has 13 heavy (non-hydrogen) atoms. The number of rotatable bonds is 5. The van der Waals surface area contributed by atoms with Gasteiger partial charge < -0.3 is 10.4 Å². The fourth-order valence-electron chi connectivity index (χ4n) is 0.976. The van der Waals surface area contributed by atoms with Crippen molar-refractivity contribution >= 4 is 23.6 Å². The number of amides is 1. The van der Waals surface area contributed by atoms with E-state index in [2.05, 4.69) is 5.32 Å². The van der Waals surface area contributed by atoms with E-state index in [9.17, 15) is 9.59 Å². The van der Waals surface area contributed by atoms with Gasteiger partial charge in [0.15, 0.2) is 0 Å². The fourth-order valence-corrected chi connectivity index (χ4v) is 1.54.